The van der Waals surface area contributed by atoms with Crippen molar-refractivity contribution in [3.63, 3.8) is 0 Å². The Balaban J connectivity index is 4.54. The number of halogens is 2. The molecule has 0 aliphatic carbocycles. The summed E-state index contributed by atoms with van der Waals surface area (Å²) in [6.45, 7) is 1.49. The Hall–Kier alpha value is 0.840. The van der Waals surface area contributed by atoms with Crippen LogP contribution in [0.1, 0.15) is 13.3 Å². The molecule has 0 aliphatic heterocycles. The maximum atomic E-state index is 9.21. The molecule has 3 nitrogen and oxygen atoms in total. The zero-order chi connectivity index (χ0) is 9.12. The largest absolute Gasteiger partial charge is 0.396 e. The zero-order valence-electron chi connectivity index (χ0n) is 6.22. The average Bonchev–Trinajstić information content (AvgIpc) is 1.90. The van der Waals surface area contributed by atoms with Gasteiger partial charge in [-0.1, -0.05) is 22.9 Å². The van der Waals surface area contributed by atoms with Crippen LogP contribution in [-0.4, -0.2) is 32.0 Å². The van der Waals surface area contributed by atoms with Gasteiger partial charge >= 0.3 is 0 Å². The van der Waals surface area contributed by atoms with Crippen LogP contribution in [0, 0.1) is 5.41 Å². The lowest BCUT2D eigenvalue weighted by atomic mass is 9.88. The number of hydrogen-bond donors (Lipinski definition) is 3. The second-order valence-electron chi connectivity index (χ2n) is 2.51. The highest BCUT2D eigenvalue weighted by atomic mass is 79.9. The molecule has 0 spiro atoms. The molecule has 0 saturated heterocycles. The third-order valence-corrected chi connectivity index (χ3v) is 3.82. The molecule has 0 rings (SSSR count). The van der Waals surface area contributed by atoms with Gasteiger partial charge in [0.05, 0.1) is 12.0 Å². The first-order chi connectivity index (χ1) is 4.93. The van der Waals surface area contributed by atoms with E-state index in [-0.39, 0.29) is 6.61 Å². The summed E-state index contributed by atoms with van der Waals surface area (Å²) in [7, 11) is 0. The number of aliphatic hydroxyl groups is 3. The number of rotatable bonds is 4. The second kappa shape index (κ2) is 4.18. The molecular formula is C6H12Br2O3. The Morgan fingerprint density at radius 3 is 1.82 bits per heavy atom. The fraction of sp³-hybridized carbons (Fsp3) is 1.00. The smallest absolute Gasteiger partial charge is 0.230 e. The van der Waals surface area contributed by atoms with Gasteiger partial charge in [-0.25, -0.2) is 0 Å². The summed E-state index contributed by atoms with van der Waals surface area (Å²) in [5.74, 6) is 0. The van der Waals surface area contributed by atoms with E-state index in [1.165, 1.54) is 0 Å². The maximum Gasteiger partial charge on any atom is 0.230 e. The fourth-order valence-corrected chi connectivity index (χ4v) is 2.55. The van der Waals surface area contributed by atoms with Crippen molar-refractivity contribution in [1.82, 2.24) is 0 Å². The summed E-state index contributed by atoms with van der Waals surface area (Å²) in [6, 6.07) is 0. The van der Waals surface area contributed by atoms with Crippen molar-refractivity contribution in [3.05, 3.63) is 0 Å². The number of aliphatic hydroxyl groups excluding tert-OH is 1. The Morgan fingerprint density at radius 2 is 1.82 bits per heavy atom. The number of alkyl halides is 2. The Labute approximate surface area is 82.7 Å². The predicted molar refractivity (Wildman–Crippen MR) is 49.7 cm³/mol. The molecule has 0 fully saturated rings. The van der Waals surface area contributed by atoms with Crippen molar-refractivity contribution in [1.29, 1.82) is 0 Å². The van der Waals surface area contributed by atoms with E-state index in [0.29, 0.717) is 11.8 Å². The van der Waals surface area contributed by atoms with E-state index in [2.05, 4.69) is 31.9 Å². The van der Waals surface area contributed by atoms with Crippen LogP contribution >= 0.6 is 31.9 Å². The Kier molecular flexibility index (Phi) is 4.50. The molecule has 3 N–H and O–H groups in total. The van der Waals surface area contributed by atoms with Gasteiger partial charge in [0, 0.05) is 5.33 Å². The minimum Gasteiger partial charge on any atom is -0.396 e. The van der Waals surface area contributed by atoms with Crippen molar-refractivity contribution in [2.75, 3.05) is 11.9 Å². The van der Waals surface area contributed by atoms with E-state index in [1.54, 1.807) is 6.92 Å². The molecule has 1 atom stereocenters. The summed E-state index contributed by atoms with van der Waals surface area (Å²) in [4.78, 5) is 0. The van der Waals surface area contributed by atoms with Crippen LogP contribution in [0.2, 0.25) is 0 Å². The van der Waals surface area contributed by atoms with Gasteiger partial charge in [-0.2, -0.15) is 0 Å². The van der Waals surface area contributed by atoms with E-state index < -0.39 is 10.1 Å². The van der Waals surface area contributed by atoms with Gasteiger partial charge in [-0.3, -0.25) is 0 Å². The maximum absolute atomic E-state index is 9.21. The van der Waals surface area contributed by atoms with E-state index in [0.717, 1.165) is 0 Å². The normalized spacial score (nSPS) is 18.0. The first kappa shape index (κ1) is 11.8. The van der Waals surface area contributed by atoms with Crippen LogP contribution in [0.4, 0.5) is 0 Å². The van der Waals surface area contributed by atoms with E-state index in [4.69, 9.17) is 5.11 Å². The molecule has 11 heavy (non-hydrogen) atoms. The highest BCUT2D eigenvalue weighted by molar-refractivity contribution is 9.10. The second-order valence-corrected chi connectivity index (χ2v) is 4.18. The van der Waals surface area contributed by atoms with Crippen molar-refractivity contribution in [3.8, 4) is 0 Å². The van der Waals surface area contributed by atoms with Crippen molar-refractivity contribution >= 4 is 31.9 Å². The van der Waals surface area contributed by atoms with Crippen LogP contribution in [0.15, 0.2) is 0 Å². The molecule has 0 heterocycles. The third kappa shape index (κ3) is 2.39. The minimum atomic E-state index is -2.02. The topological polar surface area (TPSA) is 60.7 Å². The zero-order valence-corrected chi connectivity index (χ0v) is 9.39. The molecule has 0 radical (unpaired) electrons. The lowest BCUT2D eigenvalue weighted by Gasteiger charge is -2.36. The van der Waals surface area contributed by atoms with Gasteiger partial charge in [0.25, 0.3) is 0 Å². The molecule has 0 aromatic carbocycles. The summed E-state index contributed by atoms with van der Waals surface area (Å²) in [5, 5.41) is 27.7. The predicted octanol–water partition coefficient (Wildman–Crippen LogP) is 0.803. The van der Waals surface area contributed by atoms with Gasteiger partial charge in [-0.05, 0) is 22.4 Å². The summed E-state index contributed by atoms with van der Waals surface area (Å²) in [6.07, 6.45) is 0.465. The standard InChI is InChI=1S/C6H12Br2O3/c1-2-5(3-7,4-9)6(8,10)11/h9-11H,2-4H2,1H3. The van der Waals surface area contributed by atoms with Gasteiger partial charge in [-0.15, -0.1) is 0 Å². The Bertz CT molecular complexity index is 109. The molecule has 0 aliphatic rings. The average molecular weight is 292 g/mol. The molecule has 0 aromatic heterocycles. The van der Waals surface area contributed by atoms with Crippen LogP contribution in [0.25, 0.3) is 0 Å². The fourth-order valence-electron chi connectivity index (χ4n) is 0.659. The van der Waals surface area contributed by atoms with Crippen LogP contribution in [0.5, 0.6) is 0 Å². The number of hydrogen-bond acceptors (Lipinski definition) is 3. The first-order valence-corrected chi connectivity index (χ1v) is 5.15. The lowest BCUT2D eigenvalue weighted by molar-refractivity contribution is -0.168. The molecule has 68 valence electrons. The van der Waals surface area contributed by atoms with Crippen LogP contribution < -0.4 is 0 Å². The highest BCUT2D eigenvalue weighted by Crippen LogP contribution is 2.38. The van der Waals surface area contributed by atoms with Gasteiger partial charge < -0.3 is 15.3 Å². The summed E-state index contributed by atoms with van der Waals surface area (Å²) >= 11 is 5.82. The molecule has 0 amide bonds. The molecule has 0 saturated carbocycles. The summed E-state index contributed by atoms with van der Waals surface area (Å²) < 4.78 is -2.02. The van der Waals surface area contributed by atoms with E-state index in [9.17, 15) is 10.2 Å². The molecule has 5 heteroatoms. The Morgan fingerprint density at radius 1 is 1.36 bits per heavy atom. The van der Waals surface area contributed by atoms with Crippen molar-refractivity contribution < 1.29 is 15.3 Å². The quantitative estimate of drug-likeness (QED) is 0.530. The van der Waals surface area contributed by atoms with Crippen molar-refractivity contribution in [2.45, 2.75) is 18.0 Å². The minimum absolute atomic E-state index is 0.285. The van der Waals surface area contributed by atoms with Crippen molar-refractivity contribution in [2.24, 2.45) is 5.41 Å². The molecule has 0 aromatic rings. The third-order valence-electron chi connectivity index (χ3n) is 1.91. The van der Waals surface area contributed by atoms with E-state index in [1.807, 2.05) is 0 Å². The summed E-state index contributed by atoms with van der Waals surface area (Å²) in [5.41, 5.74) is -0.938. The first-order valence-electron chi connectivity index (χ1n) is 3.24. The molecule has 0 bridgehead atoms. The van der Waals surface area contributed by atoms with Crippen LogP contribution in [0.3, 0.4) is 0 Å². The molecular weight excluding hydrogens is 280 g/mol. The van der Waals surface area contributed by atoms with Gasteiger partial charge in [0.15, 0.2) is 0 Å². The van der Waals surface area contributed by atoms with Crippen LogP contribution in [-0.2, 0) is 0 Å². The van der Waals surface area contributed by atoms with E-state index >= 15 is 0 Å². The lowest BCUT2D eigenvalue weighted by Crippen LogP contribution is -2.47. The highest BCUT2D eigenvalue weighted by Gasteiger charge is 2.45. The SMILES string of the molecule is CCC(CO)(CBr)C(O)(O)Br. The molecule has 1 unspecified atom stereocenters. The monoisotopic (exact) mass is 290 g/mol. The van der Waals surface area contributed by atoms with Gasteiger partial charge in [0.1, 0.15) is 0 Å². The van der Waals surface area contributed by atoms with Gasteiger partial charge in [0.2, 0.25) is 4.70 Å².